The van der Waals surface area contributed by atoms with Crippen LogP contribution in [0.1, 0.15) is 52.4 Å². The zero-order valence-electron chi connectivity index (χ0n) is 13.7. The van der Waals surface area contributed by atoms with Crippen molar-refractivity contribution in [1.29, 1.82) is 0 Å². The molecule has 2 fully saturated rings. The third-order valence-corrected chi connectivity index (χ3v) is 6.68. The van der Waals surface area contributed by atoms with Crippen molar-refractivity contribution in [3.05, 3.63) is 11.6 Å². The number of carbonyl (C=O) groups is 2. The fourth-order valence-electron chi connectivity index (χ4n) is 5.55. The van der Waals surface area contributed by atoms with Crippen LogP contribution >= 0.6 is 0 Å². The summed E-state index contributed by atoms with van der Waals surface area (Å²) in [4.78, 5) is 24.2. The Morgan fingerprint density at radius 2 is 2.09 bits per heavy atom. The molecule has 3 aliphatic carbocycles. The number of aliphatic hydroxyl groups is 1. The standard InChI is InChI=1S/C18H26O4/c1-17-7-4-8-18(2,16(21)22-3)15(17)10-14(20)12-9-11(19)5-6-13(12)17/h9,13-15,20H,4-8,10H2,1-3H3/t13-,14+,15+,17+,18+/m0/s1. The first-order valence-electron chi connectivity index (χ1n) is 8.33. The molecular formula is C18H26O4. The van der Waals surface area contributed by atoms with E-state index in [2.05, 4.69) is 6.92 Å². The predicted molar refractivity (Wildman–Crippen MR) is 82.0 cm³/mol. The fraction of sp³-hybridized carbons (Fsp3) is 0.778. The Hall–Kier alpha value is -1.16. The summed E-state index contributed by atoms with van der Waals surface area (Å²) in [5, 5.41) is 10.6. The van der Waals surface area contributed by atoms with Gasteiger partial charge in [-0.2, -0.15) is 0 Å². The summed E-state index contributed by atoms with van der Waals surface area (Å²) in [7, 11) is 1.45. The third-order valence-electron chi connectivity index (χ3n) is 6.68. The lowest BCUT2D eigenvalue weighted by Crippen LogP contribution is -2.57. The summed E-state index contributed by atoms with van der Waals surface area (Å²) in [5.74, 6) is 0.281. The van der Waals surface area contributed by atoms with Crippen LogP contribution in [0.3, 0.4) is 0 Å². The molecule has 2 saturated carbocycles. The van der Waals surface area contributed by atoms with Gasteiger partial charge in [0.2, 0.25) is 0 Å². The molecule has 4 nitrogen and oxygen atoms in total. The maximum atomic E-state index is 12.4. The first kappa shape index (κ1) is 15.7. The Labute approximate surface area is 131 Å². The van der Waals surface area contributed by atoms with Gasteiger partial charge in [-0.25, -0.2) is 0 Å². The van der Waals surface area contributed by atoms with Gasteiger partial charge in [0.15, 0.2) is 5.78 Å². The Kier molecular flexibility index (Phi) is 3.71. The van der Waals surface area contributed by atoms with Gasteiger partial charge in [0.25, 0.3) is 0 Å². The van der Waals surface area contributed by atoms with Gasteiger partial charge in [0, 0.05) is 6.42 Å². The highest BCUT2D eigenvalue weighted by Crippen LogP contribution is 2.62. The summed E-state index contributed by atoms with van der Waals surface area (Å²) in [6.45, 7) is 4.24. The topological polar surface area (TPSA) is 63.6 Å². The van der Waals surface area contributed by atoms with Gasteiger partial charge in [-0.1, -0.05) is 13.3 Å². The number of hydrogen-bond donors (Lipinski definition) is 1. The van der Waals surface area contributed by atoms with Crippen LogP contribution in [0.4, 0.5) is 0 Å². The minimum Gasteiger partial charge on any atom is -0.469 e. The van der Waals surface area contributed by atoms with Crippen LogP contribution in [0.5, 0.6) is 0 Å². The number of ketones is 1. The molecular weight excluding hydrogens is 280 g/mol. The van der Waals surface area contributed by atoms with Gasteiger partial charge in [-0.15, -0.1) is 0 Å². The SMILES string of the molecule is COC(=O)[C@]1(C)CCC[C@@]2(C)[C@H]1C[C@@H](O)C1=CC(=O)CC[C@@H]12. The number of aliphatic hydroxyl groups excluding tert-OH is 1. The van der Waals surface area contributed by atoms with Crippen LogP contribution in [0.2, 0.25) is 0 Å². The lowest BCUT2D eigenvalue weighted by molar-refractivity contribution is -0.171. The molecule has 0 unspecified atom stereocenters. The van der Waals surface area contributed by atoms with E-state index in [9.17, 15) is 14.7 Å². The number of fused-ring (bicyclic) bond motifs is 3. The molecule has 3 aliphatic rings. The number of ether oxygens (including phenoxy) is 1. The maximum absolute atomic E-state index is 12.4. The largest absolute Gasteiger partial charge is 0.469 e. The van der Waals surface area contributed by atoms with Crippen molar-refractivity contribution in [2.24, 2.45) is 22.7 Å². The van der Waals surface area contributed by atoms with E-state index in [0.717, 1.165) is 31.3 Å². The molecule has 0 saturated heterocycles. The molecule has 5 atom stereocenters. The normalized spacial score (nSPS) is 44.6. The van der Waals surface area contributed by atoms with Crippen molar-refractivity contribution >= 4 is 11.8 Å². The average Bonchev–Trinajstić information content (AvgIpc) is 2.49. The van der Waals surface area contributed by atoms with Crippen molar-refractivity contribution in [3.8, 4) is 0 Å². The maximum Gasteiger partial charge on any atom is 0.311 e. The Balaban J connectivity index is 2.04. The summed E-state index contributed by atoms with van der Waals surface area (Å²) >= 11 is 0. The van der Waals surface area contributed by atoms with Crippen molar-refractivity contribution in [2.45, 2.75) is 58.5 Å². The molecule has 122 valence electrons. The van der Waals surface area contributed by atoms with E-state index in [1.807, 2.05) is 6.92 Å². The van der Waals surface area contributed by atoms with E-state index in [4.69, 9.17) is 4.74 Å². The second-order valence-electron chi connectivity index (χ2n) is 7.77. The van der Waals surface area contributed by atoms with Crippen molar-refractivity contribution in [2.75, 3.05) is 7.11 Å². The molecule has 0 heterocycles. The van der Waals surface area contributed by atoms with Gasteiger partial charge in [-0.05, 0) is 61.5 Å². The molecule has 0 aromatic heterocycles. The second-order valence-corrected chi connectivity index (χ2v) is 7.77. The third kappa shape index (κ3) is 2.07. The lowest BCUT2D eigenvalue weighted by atomic mass is 9.45. The quantitative estimate of drug-likeness (QED) is 0.756. The lowest BCUT2D eigenvalue weighted by Gasteiger charge is -2.59. The summed E-state index contributed by atoms with van der Waals surface area (Å²) in [5.41, 5.74) is 0.340. The minimum absolute atomic E-state index is 0.0348. The molecule has 22 heavy (non-hydrogen) atoms. The molecule has 4 heteroatoms. The van der Waals surface area contributed by atoms with E-state index in [1.54, 1.807) is 6.08 Å². The summed E-state index contributed by atoms with van der Waals surface area (Å²) in [6, 6.07) is 0. The minimum atomic E-state index is -0.602. The smallest absolute Gasteiger partial charge is 0.311 e. The van der Waals surface area contributed by atoms with Crippen molar-refractivity contribution in [1.82, 2.24) is 0 Å². The molecule has 0 radical (unpaired) electrons. The zero-order chi connectivity index (χ0) is 16.1. The highest BCUT2D eigenvalue weighted by Gasteiger charge is 2.60. The van der Waals surface area contributed by atoms with Crippen LogP contribution in [-0.4, -0.2) is 30.1 Å². The number of methoxy groups -OCH3 is 1. The average molecular weight is 306 g/mol. The first-order chi connectivity index (χ1) is 10.3. The highest BCUT2D eigenvalue weighted by molar-refractivity contribution is 5.91. The summed E-state index contributed by atoms with van der Waals surface area (Å²) in [6.07, 6.45) is 5.83. The zero-order valence-corrected chi connectivity index (χ0v) is 13.7. The molecule has 0 bridgehead atoms. The molecule has 0 spiro atoms. The Morgan fingerprint density at radius 3 is 2.77 bits per heavy atom. The number of carbonyl (C=O) groups excluding carboxylic acids is 2. The van der Waals surface area contributed by atoms with E-state index < -0.39 is 11.5 Å². The first-order valence-corrected chi connectivity index (χ1v) is 8.33. The van der Waals surface area contributed by atoms with E-state index in [0.29, 0.717) is 12.8 Å². The van der Waals surface area contributed by atoms with Crippen molar-refractivity contribution < 1.29 is 19.4 Å². The van der Waals surface area contributed by atoms with Crippen LogP contribution in [-0.2, 0) is 14.3 Å². The van der Waals surface area contributed by atoms with Crippen LogP contribution in [0, 0.1) is 22.7 Å². The molecule has 0 aliphatic heterocycles. The second kappa shape index (κ2) is 5.19. The Bertz CT molecular complexity index is 537. The molecule has 3 rings (SSSR count). The van der Waals surface area contributed by atoms with E-state index in [-0.39, 0.29) is 29.0 Å². The van der Waals surface area contributed by atoms with Crippen LogP contribution in [0.25, 0.3) is 0 Å². The number of hydrogen-bond acceptors (Lipinski definition) is 4. The highest BCUT2D eigenvalue weighted by atomic mass is 16.5. The van der Waals surface area contributed by atoms with Crippen LogP contribution < -0.4 is 0 Å². The number of rotatable bonds is 1. The van der Waals surface area contributed by atoms with Gasteiger partial charge in [-0.3, -0.25) is 9.59 Å². The Morgan fingerprint density at radius 1 is 1.36 bits per heavy atom. The number of allylic oxidation sites excluding steroid dienone is 1. The van der Waals surface area contributed by atoms with E-state index >= 15 is 0 Å². The molecule has 0 aromatic carbocycles. The van der Waals surface area contributed by atoms with Gasteiger partial charge in [0.1, 0.15) is 0 Å². The van der Waals surface area contributed by atoms with Gasteiger partial charge >= 0.3 is 5.97 Å². The van der Waals surface area contributed by atoms with Crippen molar-refractivity contribution in [3.63, 3.8) is 0 Å². The van der Waals surface area contributed by atoms with Gasteiger partial charge in [0.05, 0.1) is 18.6 Å². The summed E-state index contributed by atoms with van der Waals surface area (Å²) < 4.78 is 5.09. The fourth-order valence-corrected chi connectivity index (χ4v) is 5.55. The molecule has 0 aromatic rings. The monoisotopic (exact) mass is 306 g/mol. The van der Waals surface area contributed by atoms with Crippen LogP contribution in [0.15, 0.2) is 11.6 Å². The molecule has 1 N–H and O–H groups in total. The van der Waals surface area contributed by atoms with Gasteiger partial charge < -0.3 is 9.84 Å². The predicted octanol–water partition coefficient (Wildman–Crippen LogP) is 2.64. The molecule has 0 amide bonds. The number of esters is 1. The van der Waals surface area contributed by atoms with E-state index in [1.165, 1.54) is 7.11 Å².